The number of pyridine rings is 2. The van der Waals surface area contributed by atoms with E-state index in [1.54, 1.807) is 6.92 Å². The zero-order valence-corrected chi connectivity index (χ0v) is 24.3. The second kappa shape index (κ2) is 12.2. The third-order valence-electron chi connectivity index (χ3n) is 7.58. The topological polar surface area (TPSA) is 141 Å². The molecular weight excluding hydrogens is 587 g/mol. The maximum atomic E-state index is 13.4. The molecule has 0 spiro atoms. The molecular formula is C28H30F3N7O4S. The first kappa shape index (κ1) is 30.4. The molecule has 0 saturated carbocycles. The first-order chi connectivity index (χ1) is 20.4. The lowest BCUT2D eigenvalue weighted by Gasteiger charge is -2.37. The smallest absolute Gasteiger partial charge is 0.434 e. The summed E-state index contributed by atoms with van der Waals surface area (Å²) in [6.45, 7) is 4.48. The van der Waals surface area contributed by atoms with Gasteiger partial charge < -0.3 is 20.2 Å². The first-order valence-corrected chi connectivity index (χ1v) is 14.6. The lowest BCUT2D eigenvalue weighted by molar-refractivity contribution is -0.141. The van der Waals surface area contributed by atoms with Crippen LogP contribution in [-0.4, -0.2) is 82.5 Å². The Balaban J connectivity index is 1.56. The van der Waals surface area contributed by atoms with Crippen LogP contribution in [-0.2, 0) is 11.0 Å². The van der Waals surface area contributed by atoms with Crippen LogP contribution in [0.2, 0.25) is 0 Å². The molecule has 228 valence electrons. The summed E-state index contributed by atoms with van der Waals surface area (Å²) in [6.07, 6.45) is 0.0572. The lowest BCUT2D eigenvalue weighted by Crippen LogP contribution is -2.46. The third kappa shape index (κ3) is 6.62. The van der Waals surface area contributed by atoms with Crippen LogP contribution in [0.4, 0.5) is 29.6 Å². The van der Waals surface area contributed by atoms with Crippen LogP contribution in [0, 0.1) is 11.8 Å². The fraction of sp³-hybridized carbons (Fsp3) is 0.429. The Kier molecular flexibility index (Phi) is 8.64. The SMILES string of the molecule is CCNC(=O)Nc1cc(-c2nc(C(F)(F)F)cs2)c(-c2cnc3c(c2)C(=O)C(C(=O)O)CN3CC2CCN(C)CC2)cn1. The van der Waals surface area contributed by atoms with E-state index in [0.29, 0.717) is 36.0 Å². The molecule has 15 heteroatoms. The maximum Gasteiger partial charge on any atom is 0.434 e. The number of amides is 2. The van der Waals surface area contributed by atoms with Gasteiger partial charge in [0.05, 0.1) is 5.56 Å². The van der Waals surface area contributed by atoms with E-state index in [1.807, 2.05) is 4.90 Å². The number of alkyl halides is 3. The van der Waals surface area contributed by atoms with Crippen LogP contribution in [0.5, 0.6) is 0 Å². The molecule has 0 aliphatic carbocycles. The molecule has 1 atom stereocenters. The highest BCUT2D eigenvalue weighted by atomic mass is 32.1. The van der Waals surface area contributed by atoms with Gasteiger partial charge in [0.25, 0.3) is 0 Å². The highest BCUT2D eigenvalue weighted by Gasteiger charge is 2.39. The minimum Gasteiger partial charge on any atom is -0.481 e. The molecule has 3 aromatic rings. The van der Waals surface area contributed by atoms with Gasteiger partial charge in [0.2, 0.25) is 0 Å². The Bertz CT molecular complexity index is 1540. The number of fused-ring (bicyclic) bond motifs is 1. The Morgan fingerprint density at radius 3 is 2.51 bits per heavy atom. The summed E-state index contributed by atoms with van der Waals surface area (Å²) in [4.78, 5) is 54.2. The molecule has 3 aromatic heterocycles. The van der Waals surface area contributed by atoms with Crippen LogP contribution in [0.1, 0.15) is 35.8 Å². The highest BCUT2D eigenvalue weighted by Crippen LogP contribution is 2.40. The van der Waals surface area contributed by atoms with Crippen molar-refractivity contribution in [3.63, 3.8) is 0 Å². The first-order valence-electron chi connectivity index (χ1n) is 13.7. The average Bonchev–Trinajstić information content (AvgIpc) is 3.47. The van der Waals surface area contributed by atoms with Crippen LogP contribution in [0.25, 0.3) is 21.7 Å². The summed E-state index contributed by atoms with van der Waals surface area (Å²) in [5.74, 6) is -2.35. The number of aromatic nitrogens is 3. The number of aliphatic carboxylic acids is 1. The number of thiazole rings is 1. The average molecular weight is 618 g/mol. The minimum atomic E-state index is -4.66. The molecule has 0 aromatic carbocycles. The summed E-state index contributed by atoms with van der Waals surface area (Å²) >= 11 is 0.766. The number of carboxylic acids is 1. The quantitative estimate of drug-likeness (QED) is 0.328. The number of urea groups is 1. The number of ketones is 1. The molecule has 2 amide bonds. The summed E-state index contributed by atoms with van der Waals surface area (Å²) in [7, 11) is 2.05. The molecule has 2 aliphatic heterocycles. The van der Waals surface area contributed by atoms with Gasteiger partial charge in [0.15, 0.2) is 11.5 Å². The van der Waals surface area contributed by atoms with Crippen molar-refractivity contribution >= 4 is 40.8 Å². The molecule has 5 rings (SSSR count). The largest absolute Gasteiger partial charge is 0.481 e. The molecule has 1 saturated heterocycles. The Hall–Kier alpha value is -4.11. The van der Waals surface area contributed by atoms with E-state index in [9.17, 15) is 32.7 Å². The molecule has 11 nitrogen and oxygen atoms in total. The number of halogens is 3. The number of carbonyl (C=O) groups excluding carboxylic acids is 2. The Morgan fingerprint density at radius 2 is 1.86 bits per heavy atom. The van der Waals surface area contributed by atoms with E-state index in [0.717, 1.165) is 42.6 Å². The van der Waals surface area contributed by atoms with Crippen molar-refractivity contribution in [1.29, 1.82) is 0 Å². The van der Waals surface area contributed by atoms with Crippen molar-refractivity contribution in [2.24, 2.45) is 11.8 Å². The molecule has 2 aliphatic rings. The number of carboxylic acid groups (broad SMARTS) is 1. The number of nitrogens with zero attached hydrogens (tertiary/aromatic N) is 5. The molecule has 1 fully saturated rings. The van der Waals surface area contributed by atoms with Gasteiger partial charge in [-0.3, -0.25) is 14.9 Å². The lowest BCUT2D eigenvalue weighted by atomic mass is 9.89. The van der Waals surface area contributed by atoms with Crippen LogP contribution < -0.4 is 15.5 Å². The van der Waals surface area contributed by atoms with Gasteiger partial charge in [-0.2, -0.15) is 13.2 Å². The van der Waals surface area contributed by atoms with Gasteiger partial charge in [0, 0.05) is 54.1 Å². The number of piperidine rings is 1. The highest BCUT2D eigenvalue weighted by molar-refractivity contribution is 7.13. The predicted molar refractivity (Wildman–Crippen MR) is 154 cm³/mol. The number of hydrogen-bond donors (Lipinski definition) is 3. The van der Waals surface area contributed by atoms with Crippen molar-refractivity contribution in [2.45, 2.75) is 25.9 Å². The summed E-state index contributed by atoms with van der Waals surface area (Å²) in [6, 6.07) is 2.36. The fourth-order valence-corrected chi connectivity index (χ4v) is 6.16. The van der Waals surface area contributed by atoms with Crippen molar-refractivity contribution < 1.29 is 32.7 Å². The number of Topliss-reactive ketones (excluding diaryl/α,β-unsaturated/α-hetero) is 1. The van der Waals surface area contributed by atoms with Gasteiger partial charge in [-0.15, -0.1) is 11.3 Å². The monoisotopic (exact) mass is 617 g/mol. The van der Waals surface area contributed by atoms with E-state index in [2.05, 4.69) is 37.5 Å². The van der Waals surface area contributed by atoms with Gasteiger partial charge in [-0.25, -0.2) is 19.7 Å². The van der Waals surface area contributed by atoms with Crippen molar-refractivity contribution in [3.05, 3.63) is 41.2 Å². The van der Waals surface area contributed by atoms with Crippen molar-refractivity contribution in [2.75, 3.05) is 50.0 Å². The molecule has 3 N–H and O–H groups in total. The second-order valence-electron chi connectivity index (χ2n) is 10.6. The van der Waals surface area contributed by atoms with Gasteiger partial charge >= 0.3 is 18.2 Å². The number of carbonyl (C=O) groups is 3. The molecule has 0 radical (unpaired) electrons. The number of anilines is 2. The second-order valence-corrected chi connectivity index (χ2v) is 11.5. The van der Waals surface area contributed by atoms with E-state index in [-0.39, 0.29) is 28.5 Å². The number of rotatable bonds is 7. The molecule has 1 unspecified atom stereocenters. The summed E-state index contributed by atoms with van der Waals surface area (Å²) in [5.41, 5.74) is -0.0684. The number of hydrogen-bond acceptors (Lipinski definition) is 9. The van der Waals surface area contributed by atoms with Crippen LogP contribution in [0.15, 0.2) is 29.9 Å². The van der Waals surface area contributed by atoms with Crippen molar-refractivity contribution in [1.82, 2.24) is 25.2 Å². The predicted octanol–water partition coefficient (Wildman–Crippen LogP) is 4.47. The van der Waals surface area contributed by atoms with Crippen LogP contribution in [0.3, 0.4) is 0 Å². The van der Waals surface area contributed by atoms with Gasteiger partial charge in [0.1, 0.15) is 22.6 Å². The normalized spacial score (nSPS) is 17.9. The van der Waals surface area contributed by atoms with E-state index in [1.165, 1.54) is 24.5 Å². The molecule has 43 heavy (non-hydrogen) atoms. The van der Waals surface area contributed by atoms with Gasteiger partial charge in [-0.1, -0.05) is 0 Å². The summed E-state index contributed by atoms with van der Waals surface area (Å²) in [5, 5.41) is 15.9. The Labute approximate surface area is 249 Å². The number of nitrogens with one attached hydrogen (secondary N) is 2. The standard InChI is InChI=1S/C28H30F3N7O4S/c1-3-32-27(42)36-22-9-17(25-35-21(14-43-25)28(29,30)31)19(11-33-22)16-8-18-23(39)20(26(40)41)13-38(24(18)34-10-16)12-15-4-6-37(2)7-5-15/h8-11,14-15,20H,3-7,12-13H2,1-2H3,(H,40,41)(H2,32,33,36,42). The zero-order chi connectivity index (χ0) is 30.9. The third-order valence-corrected chi connectivity index (χ3v) is 8.46. The van der Waals surface area contributed by atoms with E-state index < -0.39 is 35.6 Å². The summed E-state index contributed by atoms with van der Waals surface area (Å²) < 4.78 is 40.2. The van der Waals surface area contributed by atoms with E-state index in [4.69, 9.17) is 0 Å². The minimum absolute atomic E-state index is 0.00613. The van der Waals surface area contributed by atoms with Crippen molar-refractivity contribution in [3.8, 4) is 21.7 Å². The van der Waals surface area contributed by atoms with Gasteiger partial charge in [-0.05, 0) is 58.0 Å². The molecule has 0 bridgehead atoms. The fourth-order valence-electron chi connectivity index (χ4n) is 5.30. The Morgan fingerprint density at radius 1 is 1.12 bits per heavy atom. The van der Waals surface area contributed by atoms with E-state index >= 15 is 0 Å². The molecule has 5 heterocycles. The number of likely N-dealkylation sites (tertiary alicyclic amines) is 1. The maximum absolute atomic E-state index is 13.4. The zero-order valence-electron chi connectivity index (χ0n) is 23.4. The van der Waals surface area contributed by atoms with Crippen LogP contribution >= 0.6 is 11.3 Å².